The van der Waals surface area contributed by atoms with Crippen molar-refractivity contribution in [2.45, 2.75) is 6.54 Å². The molecule has 0 fully saturated rings. The average molecular weight is 284 g/mol. The van der Waals surface area contributed by atoms with E-state index < -0.39 is 5.97 Å². The zero-order chi connectivity index (χ0) is 13.1. The molecule has 0 amide bonds. The van der Waals surface area contributed by atoms with E-state index in [0.29, 0.717) is 17.9 Å². The van der Waals surface area contributed by atoms with Crippen LogP contribution in [0.25, 0.3) is 0 Å². The summed E-state index contributed by atoms with van der Waals surface area (Å²) >= 11 is 7.48. The smallest absolute Gasteiger partial charge is 0.337 e. The Balaban J connectivity index is 2.28. The second-order valence-electron chi connectivity index (χ2n) is 3.55. The van der Waals surface area contributed by atoms with Gasteiger partial charge in [0, 0.05) is 16.8 Å². The van der Waals surface area contributed by atoms with Crippen molar-refractivity contribution in [1.29, 1.82) is 0 Å². The normalized spacial score (nSPS) is 10.3. The number of halogens is 1. The molecule has 0 aliphatic heterocycles. The molecule has 0 saturated heterocycles. The van der Waals surface area contributed by atoms with Crippen LogP contribution in [0.5, 0.6) is 0 Å². The zero-order valence-corrected chi connectivity index (χ0v) is 10.8. The van der Waals surface area contributed by atoms with E-state index in [0.717, 1.165) is 4.88 Å². The van der Waals surface area contributed by atoms with E-state index in [9.17, 15) is 4.79 Å². The first-order valence-electron chi connectivity index (χ1n) is 5.01. The second kappa shape index (κ2) is 5.24. The summed E-state index contributed by atoms with van der Waals surface area (Å²) in [6, 6.07) is 2.90. The first kappa shape index (κ1) is 12.7. The summed E-state index contributed by atoms with van der Waals surface area (Å²) in [5, 5.41) is 12.4. The van der Waals surface area contributed by atoms with Crippen LogP contribution in [0.4, 0.5) is 11.4 Å². The molecule has 7 heteroatoms. The van der Waals surface area contributed by atoms with Crippen LogP contribution in [0.1, 0.15) is 15.2 Å². The summed E-state index contributed by atoms with van der Waals surface area (Å²) in [6.45, 7) is 0.467. The summed E-state index contributed by atoms with van der Waals surface area (Å²) < 4.78 is 0. The van der Waals surface area contributed by atoms with Crippen LogP contribution < -0.4 is 11.1 Å². The summed E-state index contributed by atoms with van der Waals surface area (Å²) in [5.41, 5.74) is 8.03. The Morgan fingerprint density at radius 3 is 2.94 bits per heavy atom. The van der Waals surface area contributed by atoms with Crippen molar-refractivity contribution in [3.05, 3.63) is 39.3 Å². The van der Waals surface area contributed by atoms with Crippen LogP contribution in [0.3, 0.4) is 0 Å². The van der Waals surface area contributed by atoms with Crippen LogP contribution in [-0.2, 0) is 6.54 Å². The summed E-state index contributed by atoms with van der Waals surface area (Å²) in [7, 11) is 0. The van der Waals surface area contributed by atoms with Crippen molar-refractivity contribution in [1.82, 2.24) is 4.98 Å². The molecular formula is C11H10ClN3O2S. The Hall–Kier alpha value is -1.79. The van der Waals surface area contributed by atoms with Gasteiger partial charge in [-0.1, -0.05) is 11.6 Å². The molecule has 1 aromatic heterocycles. The number of benzene rings is 1. The van der Waals surface area contributed by atoms with Gasteiger partial charge in [-0.15, -0.1) is 11.3 Å². The summed E-state index contributed by atoms with van der Waals surface area (Å²) in [5.74, 6) is -1.07. The number of nitrogen functional groups attached to an aromatic ring is 1. The summed E-state index contributed by atoms with van der Waals surface area (Å²) in [6.07, 6.45) is 1.71. The Bertz CT molecular complexity index is 572. The Morgan fingerprint density at radius 2 is 2.33 bits per heavy atom. The quantitative estimate of drug-likeness (QED) is 0.751. The molecule has 1 aromatic carbocycles. The van der Waals surface area contributed by atoms with Gasteiger partial charge in [0.25, 0.3) is 0 Å². The Morgan fingerprint density at radius 1 is 1.56 bits per heavy atom. The van der Waals surface area contributed by atoms with E-state index in [1.807, 2.05) is 0 Å². The van der Waals surface area contributed by atoms with Crippen LogP contribution >= 0.6 is 22.9 Å². The predicted octanol–water partition coefficient (Wildman–Crippen LogP) is 2.69. The molecule has 5 nitrogen and oxygen atoms in total. The number of anilines is 2. The number of nitrogens with one attached hydrogen (secondary N) is 1. The highest BCUT2D eigenvalue weighted by molar-refractivity contribution is 7.09. The van der Waals surface area contributed by atoms with Crippen molar-refractivity contribution in [2.75, 3.05) is 11.1 Å². The largest absolute Gasteiger partial charge is 0.478 e. The van der Waals surface area contributed by atoms with Crippen LogP contribution in [0.15, 0.2) is 23.8 Å². The molecule has 0 atom stereocenters. The van der Waals surface area contributed by atoms with E-state index in [-0.39, 0.29) is 10.6 Å². The third-order valence-corrected chi connectivity index (χ3v) is 3.34. The molecule has 0 spiro atoms. The Kier molecular flexibility index (Phi) is 3.69. The van der Waals surface area contributed by atoms with Crippen LogP contribution in [-0.4, -0.2) is 16.1 Å². The fourth-order valence-corrected chi connectivity index (χ4v) is 2.31. The van der Waals surface area contributed by atoms with Gasteiger partial charge < -0.3 is 16.2 Å². The van der Waals surface area contributed by atoms with E-state index in [2.05, 4.69) is 10.3 Å². The van der Waals surface area contributed by atoms with E-state index in [1.54, 1.807) is 11.7 Å². The third-order valence-electron chi connectivity index (χ3n) is 2.27. The maximum Gasteiger partial charge on any atom is 0.337 e. The molecule has 94 valence electrons. The van der Waals surface area contributed by atoms with Gasteiger partial charge in [-0.05, 0) is 12.1 Å². The van der Waals surface area contributed by atoms with Gasteiger partial charge in [0.15, 0.2) is 0 Å². The van der Waals surface area contributed by atoms with Crippen LogP contribution in [0.2, 0.25) is 5.02 Å². The molecule has 1 heterocycles. The molecular weight excluding hydrogens is 274 g/mol. The SMILES string of the molecule is Nc1cc(Cl)c(NCc2cncs2)c(C(=O)O)c1. The number of aromatic carboxylic acids is 1. The van der Waals surface area contributed by atoms with Crippen molar-refractivity contribution < 1.29 is 9.90 Å². The van der Waals surface area contributed by atoms with Gasteiger partial charge in [0.05, 0.1) is 28.3 Å². The molecule has 0 aliphatic carbocycles. The van der Waals surface area contributed by atoms with Gasteiger partial charge in [-0.3, -0.25) is 4.98 Å². The Labute approximate surface area is 112 Å². The number of nitrogens with zero attached hydrogens (tertiary/aromatic N) is 1. The fraction of sp³-hybridized carbons (Fsp3) is 0.0909. The zero-order valence-electron chi connectivity index (χ0n) is 9.18. The molecule has 0 aliphatic rings. The first-order valence-corrected chi connectivity index (χ1v) is 6.27. The van der Waals surface area contributed by atoms with Gasteiger partial charge in [0.2, 0.25) is 0 Å². The van der Waals surface area contributed by atoms with Crippen LogP contribution in [0, 0.1) is 0 Å². The molecule has 0 bridgehead atoms. The van der Waals surface area contributed by atoms with E-state index in [1.165, 1.54) is 23.5 Å². The minimum absolute atomic E-state index is 0.0597. The number of aromatic nitrogens is 1. The number of carboxylic acid groups (broad SMARTS) is 1. The average Bonchev–Trinajstić information content (AvgIpc) is 2.79. The number of nitrogens with two attached hydrogens (primary N) is 1. The van der Waals surface area contributed by atoms with E-state index >= 15 is 0 Å². The lowest BCUT2D eigenvalue weighted by molar-refractivity contribution is 0.0698. The van der Waals surface area contributed by atoms with Crippen molar-refractivity contribution in [3.63, 3.8) is 0 Å². The van der Waals surface area contributed by atoms with Gasteiger partial charge >= 0.3 is 5.97 Å². The topological polar surface area (TPSA) is 88.2 Å². The highest BCUT2D eigenvalue weighted by atomic mass is 35.5. The molecule has 2 aromatic rings. The van der Waals surface area contributed by atoms with Gasteiger partial charge in [-0.25, -0.2) is 4.79 Å². The second-order valence-corrected chi connectivity index (χ2v) is 4.93. The molecule has 0 saturated carbocycles. The number of thiazole rings is 1. The first-order chi connectivity index (χ1) is 8.58. The number of carbonyl (C=O) groups is 1. The maximum absolute atomic E-state index is 11.1. The minimum atomic E-state index is -1.07. The number of hydrogen-bond donors (Lipinski definition) is 3. The number of carboxylic acids is 1. The van der Waals surface area contributed by atoms with Crippen molar-refractivity contribution in [2.24, 2.45) is 0 Å². The molecule has 2 rings (SSSR count). The highest BCUT2D eigenvalue weighted by Crippen LogP contribution is 2.29. The van der Waals surface area contributed by atoms with Gasteiger partial charge in [0.1, 0.15) is 0 Å². The fourth-order valence-electron chi connectivity index (χ4n) is 1.48. The number of hydrogen-bond acceptors (Lipinski definition) is 5. The highest BCUT2D eigenvalue weighted by Gasteiger charge is 2.14. The predicted molar refractivity (Wildman–Crippen MR) is 72.3 cm³/mol. The molecule has 18 heavy (non-hydrogen) atoms. The lowest BCUT2D eigenvalue weighted by Gasteiger charge is -2.11. The lowest BCUT2D eigenvalue weighted by Crippen LogP contribution is -2.07. The monoisotopic (exact) mass is 283 g/mol. The maximum atomic E-state index is 11.1. The molecule has 4 N–H and O–H groups in total. The molecule has 0 unspecified atom stereocenters. The minimum Gasteiger partial charge on any atom is -0.478 e. The standard InChI is InChI=1S/C11H10ClN3O2S/c12-9-2-6(13)1-8(11(16)17)10(9)15-4-7-3-14-5-18-7/h1-3,5,15H,4,13H2,(H,16,17). The van der Waals surface area contributed by atoms with E-state index in [4.69, 9.17) is 22.4 Å². The van der Waals surface area contributed by atoms with Crippen molar-refractivity contribution >= 4 is 40.3 Å². The lowest BCUT2D eigenvalue weighted by atomic mass is 10.1. The number of rotatable bonds is 4. The molecule has 0 radical (unpaired) electrons. The summed E-state index contributed by atoms with van der Waals surface area (Å²) in [4.78, 5) is 16.0. The third kappa shape index (κ3) is 2.72. The van der Waals surface area contributed by atoms with Gasteiger partial charge in [-0.2, -0.15) is 0 Å². The van der Waals surface area contributed by atoms with Crippen molar-refractivity contribution in [3.8, 4) is 0 Å².